The third-order valence-electron chi connectivity index (χ3n) is 4.21. The first kappa shape index (κ1) is 21.8. The van der Waals surface area contributed by atoms with Crippen LogP contribution in [-0.4, -0.2) is 29.6 Å². The van der Waals surface area contributed by atoms with Crippen LogP contribution in [-0.2, 0) is 14.3 Å². The van der Waals surface area contributed by atoms with E-state index in [-0.39, 0.29) is 27.2 Å². The van der Waals surface area contributed by atoms with Crippen LogP contribution in [0.2, 0.25) is 15.1 Å². The number of benzene rings is 1. The molecule has 0 spiro atoms. The number of aliphatic carboxylic acids is 1. The van der Waals surface area contributed by atoms with Gasteiger partial charge in [0.15, 0.2) is 5.75 Å². The van der Waals surface area contributed by atoms with E-state index >= 15 is 0 Å². The van der Waals surface area contributed by atoms with Gasteiger partial charge in [-0.2, -0.15) is 0 Å². The molecular formula is C18H19Cl3O6. The lowest BCUT2D eigenvalue weighted by Crippen LogP contribution is -2.21. The van der Waals surface area contributed by atoms with Crippen molar-refractivity contribution in [3.63, 3.8) is 0 Å². The summed E-state index contributed by atoms with van der Waals surface area (Å²) in [6.45, 7) is 2.30. The average Bonchev–Trinajstić information content (AvgIpc) is 3.40. The lowest BCUT2D eigenvalue weighted by atomic mass is 9.99. The van der Waals surface area contributed by atoms with E-state index in [9.17, 15) is 14.4 Å². The summed E-state index contributed by atoms with van der Waals surface area (Å²) < 4.78 is 9.87. The van der Waals surface area contributed by atoms with Crippen LogP contribution in [0.15, 0.2) is 6.07 Å². The minimum atomic E-state index is -1.85. The SMILES string of the molecule is CC(CCCOC(=O)c1c(Cl)c(Cl)cc(Cl)c1OC(=O)C(=O)O)CC1CC1. The molecule has 1 N–H and O–H groups in total. The Labute approximate surface area is 171 Å². The summed E-state index contributed by atoms with van der Waals surface area (Å²) in [6, 6.07) is 1.15. The maximum Gasteiger partial charge on any atom is 0.422 e. The molecule has 0 heterocycles. The predicted molar refractivity (Wildman–Crippen MR) is 101 cm³/mol. The Morgan fingerprint density at radius 3 is 2.48 bits per heavy atom. The van der Waals surface area contributed by atoms with Gasteiger partial charge in [0.1, 0.15) is 5.56 Å². The Bertz CT molecular complexity index is 745. The number of carbonyl (C=O) groups excluding carboxylic acids is 2. The lowest BCUT2D eigenvalue weighted by Gasteiger charge is -2.14. The molecule has 0 aliphatic heterocycles. The summed E-state index contributed by atoms with van der Waals surface area (Å²) in [6.07, 6.45) is 5.35. The molecule has 9 heteroatoms. The molecule has 148 valence electrons. The van der Waals surface area contributed by atoms with E-state index in [0.29, 0.717) is 12.3 Å². The molecule has 27 heavy (non-hydrogen) atoms. The van der Waals surface area contributed by atoms with Crippen molar-refractivity contribution in [3.8, 4) is 5.75 Å². The normalized spacial score (nSPS) is 14.5. The molecule has 0 saturated heterocycles. The lowest BCUT2D eigenvalue weighted by molar-refractivity contribution is -0.158. The van der Waals surface area contributed by atoms with E-state index in [1.807, 2.05) is 0 Å². The first-order valence-electron chi connectivity index (χ1n) is 8.50. The molecule has 1 atom stereocenters. The van der Waals surface area contributed by atoms with Gasteiger partial charge < -0.3 is 14.6 Å². The number of carbonyl (C=O) groups is 3. The van der Waals surface area contributed by atoms with E-state index in [2.05, 4.69) is 11.7 Å². The molecule has 0 radical (unpaired) electrons. The highest BCUT2D eigenvalue weighted by Gasteiger charge is 2.28. The van der Waals surface area contributed by atoms with E-state index < -0.39 is 23.7 Å². The zero-order valence-corrected chi connectivity index (χ0v) is 16.9. The van der Waals surface area contributed by atoms with Crippen molar-refractivity contribution < 1.29 is 29.0 Å². The van der Waals surface area contributed by atoms with Crippen LogP contribution in [0, 0.1) is 11.8 Å². The summed E-state index contributed by atoms with van der Waals surface area (Å²) in [4.78, 5) is 34.5. The van der Waals surface area contributed by atoms with Crippen LogP contribution in [0.1, 0.15) is 49.4 Å². The van der Waals surface area contributed by atoms with Crippen molar-refractivity contribution in [1.82, 2.24) is 0 Å². The largest absolute Gasteiger partial charge is 0.473 e. The molecule has 1 fully saturated rings. The van der Waals surface area contributed by atoms with Gasteiger partial charge >= 0.3 is 17.9 Å². The standard InChI is InChI=1S/C18H19Cl3O6/c1-9(7-10-4-5-10)3-2-6-26-17(24)13-14(21)11(19)8-12(20)15(13)27-18(25)16(22)23/h8-10H,2-7H2,1H3,(H,22,23). The highest BCUT2D eigenvalue weighted by Crippen LogP contribution is 2.40. The number of rotatable bonds is 8. The van der Waals surface area contributed by atoms with Gasteiger partial charge in [0.25, 0.3) is 0 Å². The van der Waals surface area contributed by atoms with Crippen molar-refractivity contribution in [1.29, 1.82) is 0 Å². The number of esters is 2. The fraction of sp³-hybridized carbons (Fsp3) is 0.500. The Kier molecular flexibility index (Phi) is 7.77. The second kappa shape index (κ2) is 9.62. The number of carboxylic acids is 1. The predicted octanol–water partition coefficient (Wildman–Crippen LogP) is 5.01. The maximum atomic E-state index is 12.4. The van der Waals surface area contributed by atoms with Crippen molar-refractivity contribution in [3.05, 3.63) is 26.7 Å². The quantitative estimate of drug-likeness (QED) is 0.202. The van der Waals surface area contributed by atoms with Crippen molar-refractivity contribution in [2.45, 2.75) is 39.0 Å². The molecule has 1 unspecified atom stereocenters. The molecule has 0 aromatic heterocycles. The van der Waals surface area contributed by atoms with Crippen LogP contribution in [0.3, 0.4) is 0 Å². The highest BCUT2D eigenvalue weighted by molar-refractivity contribution is 6.46. The van der Waals surface area contributed by atoms with Gasteiger partial charge in [0.05, 0.1) is 21.7 Å². The Hall–Kier alpha value is -1.50. The van der Waals surface area contributed by atoms with Gasteiger partial charge in [0.2, 0.25) is 0 Å². The molecule has 1 aromatic carbocycles. The minimum Gasteiger partial charge on any atom is -0.473 e. The Morgan fingerprint density at radius 2 is 1.89 bits per heavy atom. The molecule has 1 aliphatic carbocycles. The summed E-state index contributed by atoms with van der Waals surface area (Å²) in [5, 5.41) is 8.17. The van der Waals surface area contributed by atoms with Crippen LogP contribution in [0.25, 0.3) is 0 Å². The first-order valence-corrected chi connectivity index (χ1v) is 9.63. The number of ether oxygens (including phenoxy) is 2. The average molecular weight is 438 g/mol. The van der Waals surface area contributed by atoms with Crippen LogP contribution in [0.5, 0.6) is 5.75 Å². The van der Waals surface area contributed by atoms with E-state index in [0.717, 1.165) is 18.4 Å². The smallest absolute Gasteiger partial charge is 0.422 e. The number of hydrogen-bond acceptors (Lipinski definition) is 5. The van der Waals surface area contributed by atoms with Crippen LogP contribution >= 0.6 is 34.8 Å². The summed E-state index contributed by atoms with van der Waals surface area (Å²) in [7, 11) is 0. The zero-order valence-electron chi connectivity index (χ0n) is 14.6. The Morgan fingerprint density at radius 1 is 1.22 bits per heavy atom. The van der Waals surface area contributed by atoms with Crippen molar-refractivity contribution in [2.75, 3.05) is 6.61 Å². The maximum absolute atomic E-state index is 12.4. The topological polar surface area (TPSA) is 89.9 Å². The summed E-state index contributed by atoms with van der Waals surface area (Å²) in [5.74, 6) is -3.47. The number of hydrogen-bond donors (Lipinski definition) is 1. The summed E-state index contributed by atoms with van der Waals surface area (Å²) in [5.41, 5.74) is -0.380. The van der Waals surface area contributed by atoms with E-state index in [4.69, 9.17) is 44.6 Å². The third-order valence-corrected chi connectivity index (χ3v) is 5.28. The second-order valence-electron chi connectivity index (χ2n) is 6.62. The van der Waals surface area contributed by atoms with Crippen LogP contribution < -0.4 is 4.74 Å². The van der Waals surface area contributed by atoms with Gasteiger partial charge in [-0.25, -0.2) is 14.4 Å². The van der Waals surface area contributed by atoms with E-state index in [1.54, 1.807) is 0 Å². The number of carboxylic acid groups (broad SMARTS) is 1. The fourth-order valence-electron chi connectivity index (χ4n) is 2.71. The van der Waals surface area contributed by atoms with Crippen LogP contribution in [0.4, 0.5) is 0 Å². The molecule has 0 amide bonds. The molecule has 1 aromatic rings. The van der Waals surface area contributed by atoms with Gasteiger partial charge in [-0.05, 0) is 37.2 Å². The molecule has 2 rings (SSSR count). The van der Waals surface area contributed by atoms with Gasteiger partial charge in [-0.15, -0.1) is 0 Å². The monoisotopic (exact) mass is 436 g/mol. The van der Waals surface area contributed by atoms with E-state index in [1.165, 1.54) is 19.3 Å². The molecule has 1 saturated carbocycles. The molecule has 6 nitrogen and oxygen atoms in total. The second-order valence-corrected chi connectivity index (χ2v) is 7.81. The van der Waals surface area contributed by atoms with Crippen molar-refractivity contribution >= 4 is 52.7 Å². The number of halogens is 3. The van der Waals surface area contributed by atoms with Gasteiger partial charge in [-0.1, -0.05) is 54.6 Å². The fourth-order valence-corrected chi connectivity index (χ4v) is 3.43. The highest BCUT2D eigenvalue weighted by atomic mass is 35.5. The third kappa shape index (κ3) is 6.26. The first-order chi connectivity index (χ1) is 12.7. The molecule has 0 bridgehead atoms. The van der Waals surface area contributed by atoms with Gasteiger partial charge in [-0.3, -0.25) is 0 Å². The van der Waals surface area contributed by atoms with Crippen molar-refractivity contribution in [2.24, 2.45) is 11.8 Å². The zero-order chi connectivity index (χ0) is 20.1. The minimum absolute atomic E-state index is 0.0539. The Balaban J connectivity index is 2.04. The van der Waals surface area contributed by atoms with Gasteiger partial charge in [0, 0.05) is 0 Å². The summed E-state index contributed by atoms with van der Waals surface area (Å²) >= 11 is 17.9. The molecular weight excluding hydrogens is 419 g/mol. The molecule has 1 aliphatic rings.